The van der Waals surface area contributed by atoms with Crippen LogP contribution in [0.4, 0.5) is 0 Å². The fourth-order valence-electron chi connectivity index (χ4n) is 1.38. The van der Waals surface area contributed by atoms with Gasteiger partial charge in [0, 0.05) is 0 Å². The maximum atomic E-state index is 5.72. The van der Waals surface area contributed by atoms with Crippen molar-refractivity contribution >= 4 is 0 Å². The number of hydrogen-bond donors (Lipinski definition) is 0. The molecule has 10 heavy (non-hydrogen) atoms. The van der Waals surface area contributed by atoms with Crippen LogP contribution in [0.3, 0.4) is 0 Å². The predicted molar refractivity (Wildman–Crippen MR) is 36.1 cm³/mol. The molecule has 2 aliphatic carbocycles. The molecule has 0 aromatic carbocycles. The first-order chi connectivity index (χ1) is 4.87. The summed E-state index contributed by atoms with van der Waals surface area (Å²) in [6, 6.07) is 0. The Labute approximate surface area is 72.0 Å². The third kappa shape index (κ3) is 0.937. The van der Waals surface area contributed by atoms with E-state index in [4.69, 9.17) is 3.07 Å². The molecule has 0 spiro atoms. The van der Waals surface area contributed by atoms with Crippen LogP contribution in [0.15, 0.2) is 24.3 Å². The maximum absolute atomic E-state index is 5.72. The van der Waals surface area contributed by atoms with Crippen LogP contribution in [0.25, 0.3) is 0 Å². The minimum atomic E-state index is -0.0108. The molecular formula is C8H10IO-. The van der Waals surface area contributed by atoms with Crippen LogP contribution in [0.5, 0.6) is 0 Å². The molecule has 0 aromatic rings. The van der Waals surface area contributed by atoms with Crippen molar-refractivity contribution in [1.29, 1.82) is 0 Å². The summed E-state index contributed by atoms with van der Waals surface area (Å²) in [7, 11) is 0. The zero-order chi connectivity index (χ0) is 7.03. The zero-order valence-electron chi connectivity index (χ0n) is 5.88. The van der Waals surface area contributed by atoms with Gasteiger partial charge in [-0.25, -0.2) is 0 Å². The molecule has 1 nitrogen and oxygen atoms in total. The van der Waals surface area contributed by atoms with E-state index < -0.39 is 0 Å². The number of fused-ring (bicyclic) bond motifs is 1. The fraction of sp³-hybridized carbons (Fsp3) is 0.500. The summed E-state index contributed by atoms with van der Waals surface area (Å²) in [4.78, 5) is 2.16. The predicted octanol–water partition coefficient (Wildman–Crippen LogP) is -1.48. The Morgan fingerprint density at radius 3 is 3.20 bits per heavy atom. The summed E-state index contributed by atoms with van der Waals surface area (Å²) in [6.07, 6.45) is 9.89. The summed E-state index contributed by atoms with van der Waals surface area (Å²) >= 11 is -0.0108. The van der Waals surface area contributed by atoms with Crippen LogP contribution in [-0.4, -0.2) is 10.5 Å². The van der Waals surface area contributed by atoms with Crippen molar-refractivity contribution < 1.29 is 24.7 Å². The third-order valence-electron chi connectivity index (χ3n) is 2.06. The van der Waals surface area contributed by atoms with Crippen LogP contribution in [-0.2, 0) is 3.07 Å². The van der Waals surface area contributed by atoms with E-state index in [1.807, 2.05) is 0 Å². The summed E-state index contributed by atoms with van der Waals surface area (Å²) in [5.74, 6) is 0.706. The Morgan fingerprint density at radius 1 is 1.60 bits per heavy atom. The molecule has 0 amide bonds. The first-order valence-corrected chi connectivity index (χ1v) is 6.45. The first kappa shape index (κ1) is 6.85. The molecule has 56 valence electrons. The molecule has 0 aromatic heterocycles. The molecule has 2 rings (SSSR count). The second-order valence-electron chi connectivity index (χ2n) is 2.74. The zero-order valence-corrected chi connectivity index (χ0v) is 8.04. The van der Waals surface area contributed by atoms with Crippen LogP contribution >= 0.6 is 0 Å². The standard InChI is InChI=1S/C8H10IO/c1-9-10-8-5-3-2-4-7(8)6-8/h2-5,7H,6H2,1H3/q-1. The van der Waals surface area contributed by atoms with Crippen molar-refractivity contribution in [2.24, 2.45) is 5.92 Å². The van der Waals surface area contributed by atoms with Gasteiger partial charge in [0.05, 0.1) is 0 Å². The molecule has 0 N–H and O–H groups in total. The number of alkyl halides is 1. The molecule has 0 heterocycles. The Hall–Kier alpha value is 0.170. The molecule has 0 saturated heterocycles. The molecule has 2 unspecified atom stereocenters. The summed E-state index contributed by atoms with van der Waals surface area (Å²) in [6.45, 7) is 0. The van der Waals surface area contributed by atoms with Crippen LogP contribution < -0.4 is 21.6 Å². The average Bonchev–Trinajstić information content (AvgIpc) is 2.62. The minimum absolute atomic E-state index is 0.0108. The van der Waals surface area contributed by atoms with Gasteiger partial charge >= 0.3 is 71.9 Å². The van der Waals surface area contributed by atoms with Gasteiger partial charge in [0.25, 0.3) is 0 Å². The number of rotatable bonds is 2. The monoisotopic (exact) mass is 249 g/mol. The fourth-order valence-corrected chi connectivity index (χ4v) is 2.86. The van der Waals surface area contributed by atoms with Gasteiger partial charge in [-0.2, -0.15) is 0 Å². The SMILES string of the molecule is C[I-]OC12C=CC=CC1C2. The average molecular weight is 249 g/mol. The van der Waals surface area contributed by atoms with Crippen molar-refractivity contribution in [2.75, 3.05) is 4.93 Å². The molecular weight excluding hydrogens is 239 g/mol. The molecule has 1 fully saturated rings. The van der Waals surface area contributed by atoms with Crippen molar-refractivity contribution in [1.82, 2.24) is 0 Å². The summed E-state index contributed by atoms with van der Waals surface area (Å²) in [5.41, 5.74) is 0.177. The van der Waals surface area contributed by atoms with Gasteiger partial charge in [0.15, 0.2) is 0 Å². The van der Waals surface area contributed by atoms with Crippen LogP contribution in [0, 0.1) is 5.92 Å². The Balaban J connectivity index is 2.08. The number of allylic oxidation sites excluding steroid dienone is 2. The molecule has 0 bridgehead atoms. The first-order valence-electron chi connectivity index (χ1n) is 3.41. The topological polar surface area (TPSA) is 9.23 Å². The van der Waals surface area contributed by atoms with E-state index in [-0.39, 0.29) is 27.2 Å². The molecule has 0 aliphatic heterocycles. The van der Waals surface area contributed by atoms with Gasteiger partial charge < -0.3 is 0 Å². The third-order valence-corrected chi connectivity index (χ3v) is 3.32. The van der Waals surface area contributed by atoms with E-state index in [9.17, 15) is 0 Å². The van der Waals surface area contributed by atoms with Crippen LogP contribution in [0.1, 0.15) is 6.42 Å². The van der Waals surface area contributed by atoms with Crippen molar-refractivity contribution in [3.8, 4) is 0 Å². The van der Waals surface area contributed by atoms with Crippen LogP contribution in [0.2, 0.25) is 0 Å². The Kier molecular flexibility index (Phi) is 1.60. The van der Waals surface area contributed by atoms with Gasteiger partial charge in [-0.15, -0.1) is 0 Å². The second-order valence-corrected chi connectivity index (χ2v) is 4.06. The Bertz CT molecular complexity index is 197. The number of halogens is 1. The quantitative estimate of drug-likeness (QED) is 0.428. The van der Waals surface area contributed by atoms with E-state index in [1.165, 1.54) is 6.42 Å². The Morgan fingerprint density at radius 2 is 2.50 bits per heavy atom. The summed E-state index contributed by atoms with van der Waals surface area (Å²) < 4.78 is 5.72. The van der Waals surface area contributed by atoms with Crippen molar-refractivity contribution in [3.05, 3.63) is 24.3 Å². The van der Waals surface area contributed by atoms with Gasteiger partial charge in [-0.05, 0) is 0 Å². The molecule has 1 saturated carbocycles. The van der Waals surface area contributed by atoms with E-state index in [2.05, 4.69) is 29.2 Å². The van der Waals surface area contributed by atoms with Gasteiger partial charge in [-0.1, -0.05) is 0 Å². The molecule has 0 radical (unpaired) electrons. The van der Waals surface area contributed by atoms with Crippen molar-refractivity contribution in [2.45, 2.75) is 12.0 Å². The molecule has 2 aliphatic rings. The van der Waals surface area contributed by atoms with E-state index >= 15 is 0 Å². The number of hydrogen-bond acceptors (Lipinski definition) is 1. The molecule has 2 heteroatoms. The van der Waals surface area contributed by atoms with E-state index in [1.54, 1.807) is 0 Å². The van der Waals surface area contributed by atoms with Gasteiger partial charge in [0.1, 0.15) is 0 Å². The van der Waals surface area contributed by atoms with Crippen molar-refractivity contribution in [3.63, 3.8) is 0 Å². The molecule has 2 atom stereocenters. The van der Waals surface area contributed by atoms with E-state index in [0.29, 0.717) is 5.92 Å². The summed E-state index contributed by atoms with van der Waals surface area (Å²) in [5, 5.41) is 0. The van der Waals surface area contributed by atoms with E-state index in [0.717, 1.165) is 0 Å². The second kappa shape index (κ2) is 2.34. The van der Waals surface area contributed by atoms with Gasteiger partial charge in [-0.3, -0.25) is 0 Å². The van der Waals surface area contributed by atoms with Gasteiger partial charge in [0.2, 0.25) is 0 Å². The normalized spacial score (nSPS) is 41.9.